The largest absolute Gasteiger partial charge is 0.310 e. The van der Waals surface area contributed by atoms with Crippen molar-refractivity contribution in [3.8, 4) is 33.4 Å². The Morgan fingerprint density at radius 1 is 0.245 bits per heavy atom. The predicted octanol–water partition coefficient (Wildman–Crippen LogP) is 13.6. The molecular formula is C48H33N. The summed E-state index contributed by atoms with van der Waals surface area (Å²) in [5, 5.41) is 7.46. The first kappa shape index (κ1) is 28.8. The Morgan fingerprint density at radius 2 is 0.735 bits per heavy atom. The lowest BCUT2D eigenvalue weighted by Gasteiger charge is -2.27. The SMILES string of the molecule is c1cc(-c2cccc3ccccc23)cc(N(c2ccc(-c3ccccc3-c3ccc4ccccc4c3)cc2)c2ccc3ccccc3c2)c1. The summed E-state index contributed by atoms with van der Waals surface area (Å²) in [7, 11) is 0. The molecule has 9 aromatic rings. The van der Waals surface area contributed by atoms with Crippen LogP contribution in [-0.2, 0) is 0 Å². The van der Waals surface area contributed by atoms with Crippen LogP contribution in [0.1, 0.15) is 0 Å². The molecule has 0 aromatic heterocycles. The molecule has 0 fully saturated rings. The van der Waals surface area contributed by atoms with Crippen molar-refractivity contribution in [2.24, 2.45) is 0 Å². The zero-order valence-corrected chi connectivity index (χ0v) is 27.0. The topological polar surface area (TPSA) is 3.24 Å². The molecule has 0 saturated carbocycles. The molecule has 0 aliphatic heterocycles. The number of anilines is 3. The fourth-order valence-electron chi connectivity index (χ4n) is 7.19. The maximum absolute atomic E-state index is 2.38. The molecule has 9 aromatic carbocycles. The van der Waals surface area contributed by atoms with Gasteiger partial charge in [-0.2, -0.15) is 0 Å². The first-order valence-electron chi connectivity index (χ1n) is 16.8. The van der Waals surface area contributed by atoms with Crippen molar-refractivity contribution in [2.75, 3.05) is 4.90 Å². The lowest BCUT2D eigenvalue weighted by molar-refractivity contribution is 1.29. The van der Waals surface area contributed by atoms with Gasteiger partial charge in [-0.1, -0.05) is 158 Å². The number of benzene rings is 9. The molecule has 9 rings (SSSR count). The lowest BCUT2D eigenvalue weighted by atomic mass is 9.93. The fraction of sp³-hybridized carbons (Fsp3) is 0. The second-order valence-electron chi connectivity index (χ2n) is 12.6. The van der Waals surface area contributed by atoms with E-state index in [-0.39, 0.29) is 0 Å². The summed E-state index contributed by atoms with van der Waals surface area (Å²) in [5.74, 6) is 0. The lowest BCUT2D eigenvalue weighted by Crippen LogP contribution is -2.10. The zero-order valence-electron chi connectivity index (χ0n) is 27.0. The Hall–Kier alpha value is -6.44. The van der Waals surface area contributed by atoms with Crippen LogP contribution in [0.25, 0.3) is 65.7 Å². The van der Waals surface area contributed by atoms with Crippen molar-refractivity contribution >= 4 is 49.4 Å². The summed E-state index contributed by atoms with van der Waals surface area (Å²) < 4.78 is 0. The van der Waals surface area contributed by atoms with Crippen LogP contribution < -0.4 is 4.90 Å². The van der Waals surface area contributed by atoms with E-state index in [1.807, 2.05) is 0 Å². The van der Waals surface area contributed by atoms with E-state index in [0.29, 0.717) is 0 Å². The van der Waals surface area contributed by atoms with E-state index >= 15 is 0 Å². The van der Waals surface area contributed by atoms with Gasteiger partial charge >= 0.3 is 0 Å². The van der Waals surface area contributed by atoms with Crippen molar-refractivity contribution in [1.82, 2.24) is 0 Å². The summed E-state index contributed by atoms with van der Waals surface area (Å²) in [6.45, 7) is 0. The second-order valence-corrected chi connectivity index (χ2v) is 12.6. The number of rotatable bonds is 6. The molecule has 0 N–H and O–H groups in total. The van der Waals surface area contributed by atoms with Crippen molar-refractivity contribution in [3.05, 3.63) is 200 Å². The molecule has 0 bridgehead atoms. The third-order valence-electron chi connectivity index (χ3n) is 9.62. The van der Waals surface area contributed by atoms with E-state index < -0.39 is 0 Å². The van der Waals surface area contributed by atoms with Crippen LogP contribution >= 0.6 is 0 Å². The average molecular weight is 624 g/mol. The monoisotopic (exact) mass is 623 g/mol. The number of hydrogen-bond acceptors (Lipinski definition) is 1. The third kappa shape index (κ3) is 5.42. The Bertz CT molecular complexity index is 2610. The smallest absolute Gasteiger partial charge is 0.0468 e. The number of fused-ring (bicyclic) bond motifs is 3. The van der Waals surface area contributed by atoms with Crippen molar-refractivity contribution in [2.45, 2.75) is 0 Å². The van der Waals surface area contributed by atoms with E-state index in [1.54, 1.807) is 0 Å². The van der Waals surface area contributed by atoms with Crippen LogP contribution in [0.2, 0.25) is 0 Å². The van der Waals surface area contributed by atoms with E-state index in [2.05, 4.69) is 205 Å². The minimum atomic E-state index is 1.11. The van der Waals surface area contributed by atoms with Gasteiger partial charge in [0.15, 0.2) is 0 Å². The maximum Gasteiger partial charge on any atom is 0.0468 e. The Labute approximate surface area is 287 Å². The van der Waals surface area contributed by atoms with Crippen LogP contribution in [0.4, 0.5) is 17.1 Å². The molecule has 0 saturated heterocycles. The van der Waals surface area contributed by atoms with Gasteiger partial charge in [-0.25, -0.2) is 0 Å². The molecule has 0 amide bonds. The van der Waals surface area contributed by atoms with Crippen LogP contribution in [0.3, 0.4) is 0 Å². The van der Waals surface area contributed by atoms with Gasteiger partial charge in [0.05, 0.1) is 0 Å². The van der Waals surface area contributed by atoms with E-state index in [0.717, 1.165) is 17.1 Å². The van der Waals surface area contributed by atoms with Gasteiger partial charge in [0.25, 0.3) is 0 Å². The Morgan fingerprint density at radius 3 is 1.51 bits per heavy atom. The summed E-state index contributed by atoms with van der Waals surface area (Å²) in [4.78, 5) is 2.38. The Kier molecular flexibility index (Phi) is 7.22. The highest BCUT2D eigenvalue weighted by molar-refractivity contribution is 5.98. The molecule has 0 heterocycles. The van der Waals surface area contributed by atoms with Gasteiger partial charge in [0.2, 0.25) is 0 Å². The van der Waals surface area contributed by atoms with Crippen molar-refractivity contribution in [3.63, 3.8) is 0 Å². The normalized spacial score (nSPS) is 11.3. The first-order valence-corrected chi connectivity index (χ1v) is 16.8. The summed E-state index contributed by atoms with van der Waals surface area (Å²) >= 11 is 0. The highest BCUT2D eigenvalue weighted by Gasteiger charge is 2.16. The molecule has 0 spiro atoms. The molecule has 1 heteroatoms. The minimum absolute atomic E-state index is 1.11. The molecule has 49 heavy (non-hydrogen) atoms. The van der Waals surface area contributed by atoms with Crippen molar-refractivity contribution < 1.29 is 0 Å². The molecule has 0 radical (unpaired) electrons. The summed E-state index contributed by atoms with van der Waals surface area (Å²) in [6.07, 6.45) is 0. The van der Waals surface area contributed by atoms with Gasteiger partial charge in [0, 0.05) is 17.1 Å². The molecule has 0 atom stereocenters. The predicted molar refractivity (Wildman–Crippen MR) is 210 cm³/mol. The molecular weight excluding hydrogens is 591 g/mol. The van der Waals surface area contributed by atoms with Gasteiger partial charge in [-0.05, 0) is 108 Å². The van der Waals surface area contributed by atoms with Crippen LogP contribution in [0.5, 0.6) is 0 Å². The zero-order chi connectivity index (χ0) is 32.6. The summed E-state index contributed by atoms with van der Waals surface area (Å²) in [6, 6.07) is 72.5. The number of hydrogen-bond donors (Lipinski definition) is 0. The molecule has 230 valence electrons. The van der Waals surface area contributed by atoms with E-state index in [9.17, 15) is 0 Å². The second kappa shape index (κ2) is 12.3. The molecule has 0 aliphatic carbocycles. The fourth-order valence-corrected chi connectivity index (χ4v) is 7.19. The van der Waals surface area contributed by atoms with Gasteiger partial charge in [0.1, 0.15) is 0 Å². The quantitative estimate of drug-likeness (QED) is 0.178. The van der Waals surface area contributed by atoms with Gasteiger partial charge < -0.3 is 4.90 Å². The summed E-state index contributed by atoms with van der Waals surface area (Å²) in [5.41, 5.74) is 10.6. The van der Waals surface area contributed by atoms with Gasteiger partial charge in [-0.15, -0.1) is 0 Å². The number of nitrogens with zero attached hydrogens (tertiary/aromatic N) is 1. The van der Waals surface area contributed by atoms with Crippen LogP contribution in [0.15, 0.2) is 200 Å². The highest BCUT2D eigenvalue weighted by Crippen LogP contribution is 2.41. The van der Waals surface area contributed by atoms with E-state index in [4.69, 9.17) is 0 Å². The van der Waals surface area contributed by atoms with Crippen LogP contribution in [-0.4, -0.2) is 0 Å². The standard InChI is InChI=1S/C48H33N/c1-3-14-38-31-41(24-23-34(38)11-1)47-21-8-7-20-46(47)37-26-28-42(29-27-37)49(44-30-25-35-12-2-4-15-39(35)32-44)43-18-9-17-40(33-43)48-22-10-16-36-13-5-6-19-45(36)48/h1-33H. The minimum Gasteiger partial charge on any atom is -0.310 e. The molecule has 0 unspecified atom stereocenters. The Balaban J connectivity index is 1.15. The van der Waals surface area contributed by atoms with Crippen molar-refractivity contribution in [1.29, 1.82) is 0 Å². The third-order valence-corrected chi connectivity index (χ3v) is 9.62. The highest BCUT2D eigenvalue weighted by atomic mass is 15.1. The maximum atomic E-state index is 2.38. The van der Waals surface area contributed by atoms with E-state index in [1.165, 1.54) is 65.7 Å². The average Bonchev–Trinajstić information content (AvgIpc) is 3.18. The first-order chi connectivity index (χ1) is 24.3. The van der Waals surface area contributed by atoms with Gasteiger partial charge in [-0.3, -0.25) is 0 Å². The molecule has 1 nitrogen and oxygen atoms in total. The van der Waals surface area contributed by atoms with Crippen LogP contribution in [0, 0.1) is 0 Å². The molecule has 0 aliphatic rings.